The molecule has 13 heavy (non-hydrogen) atoms. The number of aromatic carboxylic acids is 1. The van der Waals surface area contributed by atoms with Crippen molar-refractivity contribution in [3.8, 4) is 5.75 Å². The molecule has 0 aliphatic carbocycles. The third-order valence-corrected chi connectivity index (χ3v) is 1.79. The molecule has 0 aliphatic rings. The van der Waals surface area contributed by atoms with Gasteiger partial charge in [0.2, 0.25) is 0 Å². The zero-order chi connectivity index (χ0) is 10.0. The Kier molecular flexibility index (Phi) is 2.53. The van der Waals surface area contributed by atoms with Crippen molar-refractivity contribution < 1.29 is 19.8 Å². The van der Waals surface area contributed by atoms with E-state index in [4.69, 9.17) is 21.8 Å². The van der Waals surface area contributed by atoms with Crippen LogP contribution in [0.5, 0.6) is 5.75 Å². The summed E-state index contributed by atoms with van der Waals surface area (Å²) < 4.78 is 0. The molecule has 5 heteroatoms. The number of benzene rings is 1. The van der Waals surface area contributed by atoms with Gasteiger partial charge in [-0.3, -0.25) is 4.79 Å². The van der Waals surface area contributed by atoms with Gasteiger partial charge in [0.15, 0.2) is 6.29 Å². The van der Waals surface area contributed by atoms with Crippen molar-refractivity contribution in [3.63, 3.8) is 0 Å². The average molecular weight is 201 g/mol. The Morgan fingerprint density at radius 1 is 1.46 bits per heavy atom. The Morgan fingerprint density at radius 2 is 2.08 bits per heavy atom. The molecular weight excluding hydrogens is 196 g/mol. The largest absolute Gasteiger partial charge is 0.507 e. The van der Waals surface area contributed by atoms with Gasteiger partial charge in [0.1, 0.15) is 5.75 Å². The van der Waals surface area contributed by atoms with Crippen LogP contribution in [0.3, 0.4) is 0 Å². The van der Waals surface area contributed by atoms with E-state index in [2.05, 4.69) is 0 Å². The lowest BCUT2D eigenvalue weighted by atomic mass is 10.1. The minimum atomic E-state index is -1.24. The van der Waals surface area contributed by atoms with Crippen molar-refractivity contribution in [3.05, 3.63) is 28.3 Å². The topological polar surface area (TPSA) is 74.6 Å². The van der Waals surface area contributed by atoms with Crippen LogP contribution >= 0.6 is 11.6 Å². The lowest BCUT2D eigenvalue weighted by Gasteiger charge is -2.01. The molecule has 1 rings (SSSR count). The predicted octanol–water partition coefficient (Wildman–Crippen LogP) is 1.56. The van der Waals surface area contributed by atoms with Gasteiger partial charge in [-0.15, -0.1) is 0 Å². The zero-order valence-electron chi connectivity index (χ0n) is 6.32. The molecule has 0 spiro atoms. The Morgan fingerprint density at radius 3 is 2.54 bits per heavy atom. The highest BCUT2D eigenvalue weighted by atomic mass is 35.5. The van der Waals surface area contributed by atoms with Crippen molar-refractivity contribution in [2.24, 2.45) is 0 Å². The minimum absolute atomic E-state index is 0.0956. The van der Waals surface area contributed by atoms with Crippen LogP contribution in [-0.2, 0) is 0 Å². The van der Waals surface area contributed by atoms with E-state index in [0.29, 0.717) is 6.29 Å². The Balaban J connectivity index is 3.38. The van der Waals surface area contributed by atoms with E-state index >= 15 is 0 Å². The minimum Gasteiger partial charge on any atom is -0.507 e. The van der Waals surface area contributed by atoms with Crippen LogP contribution in [0.25, 0.3) is 0 Å². The second-order valence-electron chi connectivity index (χ2n) is 2.31. The van der Waals surface area contributed by atoms with E-state index in [1.54, 1.807) is 0 Å². The second-order valence-corrected chi connectivity index (χ2v) is 2.72. The van der Waals surface area contributed by atoms with Crippen molar-refractivity contribution in [2.45, 2.75) is 0 Å². The van der Waals surface area contributed by atoms with Gasteiger partial charge in [-0.25, -0.2) is 4.79 Å². The quantitative estimate of drug-likeness (QED) is 0.711. The molecule has 0 radical (unpaired) electrons. The Labute approximate surface area is 78.4 Å². The van der Waals surface area contributed by atoms with Crippen LogP contribution in [0.2, 0.25) is 5.02 Å². The molecule has 4 nitrogen and oxygen atoms in total. The number of aldehydes is 1. The van der Waals surface area contributed by atoms with E-state index in [1.807, 2.05) is 0 Å². The van der Waals surface area contributed by atoms with E-state index in [-0.39, 0.29) is 21.9 Å². The Hall–Kier alpha value is -1.55. The summed E-state index contributed by atoms with van der Waals surface area (Å²) in [5.74, 6) is -1.57. The number of rotatable bonds is 2. The normalized spacial score (nSPS) is 9.62. The fourth-order valence-electron chi connectivity index (χ4n) is 0.838. The van der Waals surface area contributed by atoms with Gasteiger partial charge in [-0.05, 0) is 6.07 Å². The first-order chi connectivity index (χ1) is 6.06. The molecule has 0 saturated heterocycles. The van der Waals surface area contributed by atoms with Crippen LogP contribution in [0.4, 0.5) is 0 Å². The third kappa shape index (κ3) is 1.78. The highest BCUT2D eigenvalue weighted by molar-refractivity contribution is 6.33. The monoisotopic (exact) mass is 200 g/mol. The molecule has 0 saturated carbocycles. The first kappa shape index (κ1) is 9.54. The maximum Gasteiger partial charge on any atom is 0.337 e. The molecule has 68 valence electrons. The molecule has 0 bridgehead atoms. The first-order valence-corrected chi connectivity index (χ1v) is 3.65. The van der Waals surface area contributed by atoms with Gasteiger partial charge in [0.05, 0.1) is 16.1 Å². The SMILES string of the molecule is O=Cc1cc(C(=O)O)c(Cl)cc1O. The van der Waals surface area contributed by atoms with Gasteiger partial charge in [0.25, 0.3) is 0 Å². The van der Waals surface area contributed by atoms with E-state index in [9.17, 15) is 9.59 Å². The molecule has 0 aliphatic heterocycles. The maximum absolute atomic E-state index is 10.5. The number of halogens is 1. The molecular formula is C8H5ClO4. The average Bonchev–Trinajstić information content (AvgIpc) is 2.03. The highest BCUT2D eigenvalue weighted by Gasteiger charge is 2.12. The van der Waals surface area contributed by atoms with Crippen LogP contribution < -0.4 is 0 Å². The molecule has 1 aromatic rings. The van der Waals surface area contributed by atoms with Gasteiger partial charge >= 0.3 is 5.97 Å². The summed E-state index contributed by atoms with van der Waals surface area (Å²) >= 11 is 5.50. The van der Waals surface area contributed by atoms with Crippen LogP contribution in [0, 0.1) is 0 Å². The smallest absolute Gasteiger partial charge is 0.337 e. The van der Waals surface area contributed by atoms with E-state index in [0.717, 1.165) is 12.1 Å². The van der Waals surface area contributed by atoms with E-state index < -0.39 is 5.97 Å². The summed E-state index contributed by atoms with van der Waals surface area (Å²) in [4.78, 5) is 20.8. The number of phenolic OH excluding ortho intramolecular Hbond substituents is 1. The zero-order valence-corrected chi connectivity index (χ0v) is 7.08. The number of carboxylic acid groups (broad SMARTS) is 1. The molecule has 0 fully saturated rings. The fraction of sp³-hybridized carbons (Fsp3) is 0. The van der Waals surface area contributed by atoms with Crippen molar-refractivity contribution in [1.29, 1.82) is 0 Å². The van der Waals surface area contributed by atoms with Gasteiger partial charge in [0, 0.05) is 6.07 Å². The molecule has 0 unspecified atom stereocenters. The summed E-state index contributed by atoms with van der Waals surface area (Å²) in [5, 5.41) is 17.6. The van der Waals surface area contributed by atoms with Gasteiger partial charge < -0.3 is 10.2 Å². The molecule has 1 aromatic carbocycles. The van der Waals surface area contributed by atoms with Crippen molar-refractivity contribution >= 4 is 23.9 Å². The van der Waals surface area contributed by atoms with Gasteiger partial charge in [-0.2, -0.15) is 0 Å². The lowest BCUT2D eigenvalue weighted by Crippen LogP contribution is -1.98. The number of carbonyl (C=O) groups excluding carboxylic acids is 1. The fourth-order valence-corrected chi connectivity index (χ4v) is 1.08. The summed E-state index contributed by atoms with van der Waals surface area (Å²) in [6.07, 6.45) is 0.359. The summed E-state index contributed by atoms with van der Waals surface area (Å²) in [6.45, 7) is 0. The first-order valence-electron chi connectivity index (χ1n) is 3.27. The van der Waals surface area contributed by atoms with Crippen LogP contribution in [0.15, 0.2) is 12.1 Å². The lowest BCUT2D eigenvalue weighted by molar-refractivity contribution is 0.0697. The van der Waals surface area contributed by atoms with Crippen molar-refractivity contribution in [2.75, 3.05) is 0 Å². The molecule has 0 heterocycles. The number of phenols is 1. The molecule has 2 N–H and O–H groups in total. The second kappa shape index (κ2) is 3.45. The van der Waals surface area contributed by atoms with Gasteiger partial charge in [-0.1, -0.05) is 11.6 Å². The number of hydrogen-bond acceptors (Lipinski definition) is 3. The maximum atomic E-state index is 10.5. The van der Waals surface area contributed by atoms with Crippen LogP contribution in [0.1, 0.15) is 20.7 Å². The summed E-state index contributed by atoms with van der Waals surface area (Å²) in [5.41, 5.74) is -0.302. The van der Waals surface area contributed by atoms with Crippen LogP contribution in [-0.4, -0.2) is 22.5 Å². The standard InChI is InChI=1S/C8H5ClO4/c9-6-2-7(11)4(3-10)1-5(6)8(12)13/h1-3,11H,(H,12,13). The third-order valence-electron chi connectivity index (χ3n) is 1.47. The highest BCUT2D eigenvalue weighted by Crippen LogP contribution is 2.25. The molecule has 0 aromatic heterocycles. The molecule has 0 atom stereocenters. The summed E-state index contributed by atoms with van der Waals surface area (Å²) in [7, 11) is 0. The number of carboxylic acids is 1. The van der Waals surface area contributed by atoms with E-state index in [1.165, 1.54) is 0 Å². The predicted molar refractivity (Wildman–Crippen MR) is 45.5 cm³/mol. The number of hydrogen-bond donors (Lipinski definition) is 2. The summed E-state index contributed by atoms with van der Waals surface area (Å²) in [6, 6.07) is 2.04. The number of aromatic hydroxyl groups is 1. The number of carbonyl (C=O) groups is 2. The molecule has 0 amide bonds. The Bertz CT molecular complexity index is 373. The van der Waals surface area contributed by atoms with Crippen molar-refractivity contribution in [1.82, 2.24) is 0 Å².